The molecule has 34 heavy (non-hydrogen) atoms. The van der Waals surface area contributed by atoms with Crippen LogP contribution in [0.1, 0.15) is 32.8 Å². The molecule has 3 aromatic rings. The van der Waals surface area contributed by atoms with Crippen LogP contribution in [0.25, 0.3) is 22.8 Å². The molecule has 1 fully saturated rings. The molecule has 0 unspecified atom stereocenters. The lowest BCUT2D eigenvalue weighted by Crippen LogP contribution is -2.49. The van der Waals surface area contributed by atoms with Crippen molar-refractivity contribution in [2.75, 3.05) is 18.6 Å². The van der Waals surface area contributed by atoms with Gasteiger partial charge in [-0.1, -0.05) is 32.9 Å². The number of carbonyl (C=O) groups is 2. The molecule has 0 aliphatic carbocycles. The number of nitrogens with one attached hydrogen (secondary N) is 1. The van der Waals surface area contributed by atoms with E-state index in [-0.39, 0.29) is 35.9 Å². The molecular weight excluding hydrogens is 440 g/mol. The van der Waals surface area contributed by atoms with Crippen molar-refractivity contribution >= 4 is 23.3 Å². The van der Waals surface area contributed by atoms with Crippen LogP contribution in [-0.2, 0) is 10.2 Å². The molecule has 0 radical (unpaired) electrons. The SMILES string of the molecule is COc1c(-c2ncc(-c3cccc([N+](=O)[O-])c3)o2)cc(N2CCC(=O)NC2=O)cc1C(C)(C)C. The largest absolute Gasteiger partial charge is 0.496 e. The van der Waals surface area contributed by atoms with Crippen LogP contribution in [0.5, 0.6) is 5.75 Å². The Kier molecular flexibility index (Phi) is 5.82. The van der Waals surface area contributed by atoms with Crippen LogP contribution in [0.15, 0.2) is 47.0 Å². The van der Waals surface area contributed by atoms with E-state index in [1.807, 2.05) is 26.8 Å². The Morgan fingerprint density at radius 3 is 2.62 bits per heavy atom. The number of benzene rings is 2. The number of nitro groups is 1. The van der Waals surface area contributed by atoms with E-state index in [4.69, 9.17) is 9.15 Å². The summed E-state index contributed by atoms with van der Waals surface area (Å²) < 4.78 is 11.7. The van der Waals surface area contributed by atoms with Crippen molar-refractivity contribution in [3.8, 4) is 28.5 Å². The van der Waals surface area contributed by atoms with Crippen molar-refractivity contribution in [2.24, 2.45) is 0 Å². The van der Waals surface area contributed by atoms with Crippen LogP contribution in [0.2, 0.25) is 0 Å². The second-order valence-corrected chi connectivity index (χ2v) is 8.92. The van der Waals surface area contributed by atoms with E-state index in [9.17, 15) is 19.7 Å². The van der Waals surface area contributed by atoms with Gasteiger partial charge in [0.25, 0.3) is 5.69 Å². The summed E-state index contributed by atoms with van der Waals surface area (Å²) in [6, 6.07) is 9.17. The third kappa shape index (κ3) is 4.34. The Hall–Kier alpha value is -4.21. The molecule has 1 saturated heterocycles. The number of imide groups is 1. The smallest absolute Gasteiger partial charge is 0.328 e. The van der Waals surface area contributed by atoms with Crippen molar-refractivity contribution in [1.82, 2.24) is 10.3 Å². The Bertz CT molecular complexity index is 1290. The summed E-state index contributed by atoms with van der Waals surface area (Å²) in [4.78, 5) is 40.7. The first-order valence-corrected chi connectivity index (χ1v) is 10.6. The standard InChI is InChI=1S/C24H24N4O6/c1-24(2,3)18-12-16(27-9-8-20(29)26-23(27)30)11-17(21(18)33-4)22-25-13-19(34-22)14-6-5-7-15(10-14)28(31)32/h5-7,10-13H,8-9H2,1-4H3,(H,26,29,30). The lowest BCUT2D eigenvalue weighted by molar-refractivity contribution is -0.384. The van der Waals surface area contributed by atoms with Crippen molar-refractivity contribution in [3.63, 3.8) is 0 Å². The fourth-order valence-corrected chi connectivity index (χ4v) is 3.82. The monoisotopic (exact) mass is 464 g/mol. The van der Waals surface area contributed by atoms with Crippen LogP contribution < -0.4 is 15.0 Å². The third-order valence-electron chi connectivity index (χ3n) is 5.53. The summed E-state index contributed by atoms with van der Waals surface area (Å²) in [5.41, 5.74) is 2.01. The summed E-state index contributed by atoms with van der Waals surface area (Å²) in [5, 5.41) is 13.5. The highest BCUT2D eigenvalue weighted by Gasteiger charge is 2.30. The second kappa shape index (κ2) is 8.62. The van der Waals surface area contributed by atoms with E-state index in [0.717, 1.165) is 5.56 Å². The Balaban J connectivity index is 1.84. The molecule has 1 aromatic heterocycles. The third-order valence-corrected chi connectivity index (χ3v) is 5.53. The number of carbonyl (C=O) groups excluding carboxylic acids is 2. The van der Waals surface area contributed by atoms with Gasteiger partial charge in [-0.2, -0.15) is 0 Å². The van der Waals surface area contributed by atoms with Crippen LogP contribution in [-0.4, -0.2) is 35.5 Å². The first-order valence-electron chi connectivity index (χ1n) is 10.6. The summed E-state index contributed by atoms with van der Waals surface area (Å²) in [5.74, 6) is 0.807. The van der Waals surface area contributed by atoms with Crippen LogP contribution >= 0.6 is 0 Å². The van der Waals surface area contributed by atoms with Gasteiger partial charge < -0.3 is 9.15 Å². The number of methoxy groups -OCH3 is 1. The number of ether oxygens (including phenoxy) is 1. The molecule has 10 heteroatoms. The summed E-state index contributed by atoms with van der Waals surface area (Å²) in [6.07, 6.45) is 1.68. The molecule has 1 aliphatic rings. The summed E-state index contributed by atoms with van der Waals surface area (Å²) >= 11 is 0. The van der Waals surface area contributed by atoms with Gasteiger partial charge in [0.2, 0.25) is 11.8 Å². The Morgan fingerprint density at radius 2 is 1.97 bits per heavy atom. The minimum Gasteiger partial charge on any atom is -0.496 e. The average Bonchev–Trinajstić information content (AvgIpc) is 3.28. The van der Waals surface area contributed by atoms with Crippen LogP contribution in [0, 0.1) is 10.1 Å². The lowest BCUT2D eigenvalue weighted by atomic mass is 9.84. The normalized spacial score (nSPS) is 14.2. The van der Waals surface area contributed by atoms with Gasteiger partial charge in [-0.3, -0.25) is 25.1 Å². The molecule has 3 amide bonds. The Labute approximate surface area is 195 Å². The number of hydrogen-bond acceptors (Lipinski definition) is 7. The molecule has 2 heterocycles. The highest BCUT2D eigenvalue weighted by molar-refractivity contribution is 6.06. The number of oxazole rings is 1. The quantitative estimate of drug-likeness (QED) is 0.429. The first kappa shape index (κ1) is 23.0. The number of aromatic nitrogens is 1. The molecule has 0 bridgehead atoms. The molecule has 176 valence electrons. The average molecular weight is 464 g/mol. The van der Waals surface area contributed by atoms with Gasteiger partial charge >= 0.3 is 6.03 Å². The number of urea groups is 1. The maximum Gasteiger partial charge on any atom is 0.328 e. The fraction of sp³-hybridized carbons (Fsp3) is 0.292. The molecule has 1 aliphatic heterocycles. The van der Waals surface area contributed by atoms with Gasteiger partial charge in [-0.15, -0.1) is 0 Å². The molecule has 10 nitrogen and oxygen atoms in total. The van der Waals surface area contributed by atoms with Gasteiger partial charge in [-0.25, -0.2) is 9.78 Å². The highest BCUT2D eigenvalue weighted by atomic mass is 16.6. The van der Waals surface area contributed by atoms with Gasteiger partial charge in [0.15, 0.2) is 5.76 Å². The minimum atomic E-state index is -0.503. The zero-order valence-electron chi connectivity index (χ0n) is 19.2. The van der Waals surface area contributed by atoms with Gasteiger partial charge in [-0.05, 0) is 17.5 Å². The van der Waals surface area contributed by atoms with E-state index in [2.05, 4.69) is 10.3 Å². The lowest BCUT2D eigenvalue weighted by Gasteiger charge is -2.30. The van der Waals surface area contributed by atoms with E-state index in [0.29, 0.717) is 28.3 Å². The fourth-order valence-electron chi connectivity index (χ4n) is 3.82. The molecule has 2 aromatic carbocycles. The molecule has 1 N–H and O–H groups in total. The van der Waals surface area contributed by atoms with E-state index < -0.39 is 11.0 Å². The maximum atomic E-state index is 12.5. The molecule has 0 saturated carbocycles. The number of hydrogen-bond donors (Lipinski definition) is 1. The number of nitro benzene ring substituents is 1. The molecular formula is C24H24N4O6. The number of nitrogens with zero attached hydrogens (tertiary/aromatic N) is 3. The van der Waals surface area contributed by atoms with E-state index >= 15 is 0 Å². The van der Waals surface area contributed by atoms with Crippen molar-refractivity contribution in [2.45, 2.75) is 32.6 Å². The molecule has 4 rings (SSSR count). The van der Waals surface area contributed by atoms with Crippen LogP contribution in [0.4, 0.5) is 16.2 Å². The van der Waals surface area contributed by atoms with Crippen molar-refractivity contribution < 1.29 is 23.7 Å². The van der Waals surface area contributed by atoms with Gasteiger partial charge in [0, 0.05) is 41.9 Å². The second-order valence-electron chi connectivity index (χ2n) is 8.92. The zero-order chi connectivity index (χ0) is 24.6. The molecule has 0 spiro atoms. The number of amides is 3. The maximum absolute atomic E-state index is 12.5. The van der Waals surface area contributed by atoms with Gasteiger partial charge in [0.05, 0.1) is 23.8 Å². The predicted octanol–water partition coefficient (Wildman–Crippen LogP) is 4.67. The van der Waals surface area contributed by atoms with Crippen molar-refractivity contribution in [3.05, 3.63) is 58.3 Å². The number of anilines is 1. The number of rotatable bonds is 5. The highest BCUT2D eigenvalue weighted by Crippen LogP contribution is 2.43. The topological polar surface area (TPSA) is 128 Å². The zero-order valence-corrected chi connectivity index (χ0v) is 19.2. The predicted molar refractivity (Wildman–Crippen MR) is 125 cm³/mol. The number of non-ortho nitro benzene ring substituents is 1. The van der Waals surface area contributed by atoms with Crippen LogP contribution in [0.3, 0.4) is 0 Å². The van der Waals surface area contributed by atoms with Gasteiger partial charge in [0.1, 0.15) is 5.75 Å². The minimum absolute atomic E-state index is 0.0595. The van der Waals surface area contributed by atoms with E-state index in [1.165, 1.54) is 23.2 Å². The van der Waals surface area contributed by atoms with E-state index in [1.54, 1.807) is 25.3 Å². The Morgan fingerprint density at radius 1 is 1.21 bits per heavy atom. The van der Waals surface area contributed by atoms with Crippen molar-refractivity contribution in [1.29, 1.82) is 0 Å². The summed E-state index contributed by atoms with van der Waals surface area (Å²) in [6.45, 7) is 6.29. The molecule has 0 atom stereocenters. The first-order chi connectivity index (χ1) is 16.1. The summed E-state index contributed by atoms with van der Waals surface area (Å²) in [7, 11) is 1.55.